The molecule has 1 aromatic rings. The van der Waals surface area contributed by atoms with E-state index in [4.69, 9.17) is 0 Å². The van der Waals surface area contributed by atoms with E-state index in [0.717, 1.165) is 25.1 Å². The predicted molar refractivity (Wildman–Crippen MR) is 77.4 cm³/mol. The minimum absolute atomic E-state index is 0.233. The maximum Gasteiger partial charge on any atom is 0.279 e. The van der Waals surface area contributed by atoms with Gasteiger partial charge < -0.3 is 4.90 Å². The quantitative estimate of drug-likeness (QED) is 0.879. The van der Waals surface area contributed by atoms with Crippen molar-refractivity contribution in [2.75, 3.05) is 32.1 Å². The van der Waals surface area contributed by atoms with Crippen molar-refractivity contribution in [3.05, 3.63) is 30.3 Å². The Morgan fingerprint density at radius 1 is 1.32 bits per heavy atom. The SMILES string of the molecule is CN(C)S(=O)(=O)NC[C@H]1CCCN1c1ccccc1. The van der Waals surface area contributed by atoms with Crippen molar-refractivity contribution in [1.82, 2.24) is 9.03 Å². The van der Waals surface area contributed by atoms with Crippen LogP contribution in [-0.4, -0.2) is 45.9 Å². The molecule has 1 aromatic carbocycles. The fourth-order valence-corrected chi connectivity index (χ4v) is 3.00. The molecule has 2 rings (SSSR count). The molecular formula is C13H21N3O2S. The summed E-state index contributed by atoms with van der Waals surface area (Å²) in [7, 11) is -0.267. The van der Waals surface area contributed by atoms with Crippen LogP contribution in [0.1, 0.15) is 12.8 Å². The Morgan fingerprint density at radius 3 is 2.63 bits per heavy atom. The van der Waals surface area contributed by atoms with Crippen molar-refractivity contribution in [3.63, 3.8) is 0 Å². The number of anilines is 1. The first-order valence-corrected chi connectivity index (χ1v) is 7.93. The zero-order valence-corrected chi connectivity index (χ0v) is 12.2. The monoisotopic (exact) mass is 283 g/mol. The normalized spacial score (nSPS) is 20.2. The first kappa shape index (κ1) is 14.3. The number of benzene rings is 1. The molecule has 19 heavy (non-hydrogen) atoms. The lowest BCUT2D eigenvalue weighted by atomic mass is 10.2. The van der Waals surface area contributed by atoms with E-state index in [0.29, 0.717) is 6.54 Å². The van der Waals surface area contributed by atoms with Crippen LogP contribution in [0, 0.1) is 0 Å². The average molecular weight is 283 g/mol. The smallest absolute Gasteiger partial charge is 0.279 e. The first-order valence-electron chi connectivity index (χ1n) is 6.49. The van der Waals surface area contributed by atoms with Crippen molar-refractivity contribution in [2.24, 2.45) is 0 Å². The third-order valence-corrected chi connectivity index (χ3v) is 4.94. The van der Waals surface area contributed by atoms with E-state index in [1.807, 2.05) is 18.2 Å². The third-order valence-electron chi connectivity index (χ3n) is 3.45. The van der Waals surface area contributed by atoms with Gasteiger partial charge in [-0.3, -0.25) is 0 Å². The van der Waals surface area contributed by atoms with Gasteiger partial charge in [0.25, 0.3) is 10.2 Å². The molecule has 1 atom stereocenters. The molecule has 5 nitrogen and oxygen atoms in total. The molecule has 1 aliphatic rings. The van der Waals surface area contributed by atoms with E-state index in [-0.39, 0.29) is 6.04 Å². The summed E-state index contributed by atoms with van der Waals surface area (Å²) in [5, 5.41) is 0. The number of para-hydroxylation sites is 1. The van der Waals surface area contributed by atoms with Gasteiger partial charge in [-0.25, -0.2) is 4.72 Å². The molecule has 6 heteroatoms. The van der Waals surface area contributed by atoms with Crippen molar-refractivity contribution in [3.8, 4) is 0 Å². The van der Waals surface area contributed by atoms with Gasteiger partial charge in [0, 0.05) is 38.9 Å². The van der Waals surface area contributed by atoms with Crippen LogP contribution in [0.25, 0.3) is 0 Å². The fourth-order valence-electron chi connectivity index (χ4n) is 2.34. The molecule has 1 heterocycles. The molecule has 0 spiro atoms. The number of hydrogen-bond acceptors (Lipinski definition) is 3. The van der Waals surface area contributed by atoms with Crippen molar-refractivity contribution in [1.29, 1.82) is 0 Å². The minimum atomic E-state index is -3.33. The van der Waals surface area contributed by atoms with E-state index in [1.165, 1.54) is 18.4 Å². The van der Waals surface area contributed by atoms with Crippen LogP contribution in [0.2, 0.25) is 0 Å². The zero-order valence-electron chi connectivity index (χ0n) is 11.4. The molecule has 0 aromatic heterocycles. The van der Waals surface area contributed by atoms with Gasteiger partial charge in [0.1, 0.15) is 0 Å². The molecule has 1 fully saturated rings. The van der Waals surface area contributed by atoms with Crippen LogP contribution in [0.5, 0.6) is 0 Å². The lowest BCUT2D eigenvalue weighted by molar-refractivity contribution is 0.498. The predicted octanol–water partition coefficient (Wildman–Crippen LogP) is 1.05. The maximum absolute atomic E-state index is 11.7. The largest absolute Gasteiger partial charge is 0.367 e. The highest BCUT2D eigenvalue weighted by Crippen LogP contribution is 2.24. The standard InChI is InChI=1S/C13H21N3O2S/c1-15(2)19(17,18)14-11-13-9-6-10-16(13)12-7-4-3-5-8-12/h3-5,7-8,13-14H,6,9-11H2,1-2H3/t13-/m1/s1. The topological polar surface area (TPSA) is 52.7 Å². The Hall–Kier alpha value is -1.11. The summed E-state index contributed by atoms with van der Waals surface area (Å²) < 4.78 is 27.3. The molecular weight excluding hydrogens is 262 g/mol. The second-order valence-electron chi connectivity index (χ2n) is 4.96. The summed E-state index contributed by atoms with van der Waals surface area (Å²) >= 11 is 0. The van der Waals surface area contributed by atoms with E-state index < -0.39 is 10.2 Å². The molecule has 0 amide bonds. The Kier molecular flexibility index (Phi) is 4.44. The van der Waals surface area contributed by atoms with Crippen LogP contribution in [0.3, 0.4) is 0 Å². The second-order valence-corrected chi connectivity index (χ2v) is 6.93. The molecule has 0 unspecified atom stereocenters. The molecule has 1 saturated heterocycles. The third kappa shape index (κ3) is 3.46. The Balaban J connectivity index is 2.01. The number of hydrogen-bond donors (Lipinski definition) is 1. The molecule has 0 bridgehead atoms. The summed E-state index contributed by atoms with van der Waals surface area (Å²) in [6.45, 7) is 1.44. The lowest BCUT2D eigenvalue weighted by Crippen LogP contribution is -2.44. The number of nitrogens with zero attached hydrogens (tertiary/aromatic N) is 2. The molecule has 1 aliphatic heterocycles. The summed E-state index contributed by atoms with van der Waals surface area (Å²) in [6.07, 6.45) is 2.12. The highest BCUT2D eigenvalue weighted by Gasteiger charge is 2.26. The summed E-state index contributed by atoms with van der Waals surface area (Å²) in [6, 6.07) is 10.4. The van der Waals surface area contributed by atoms with E-state index in [9.17, 15) is 8.42 Å². The van der Waals surface area contributed by atoms with Crippen LogP contribution < -0.4 is 9.62 Å². The maximum atomic E-state index is 11.7. The van der Waals surface area contributed by atoms with Crippen LogP contribution in [0.4, 0.5) is 5.69 Å². The summed E-state index contributed by atoms with van der Waals surface area (Å²) in [5.41, 5.74) is 1.16. The molecule has 0 radical (unpaired) electrons. The van der Waals surface area contributed by atoms with Crippen molar-refractivity contribution >= 4 is 15.9 Å². The Bertz CT molecular complexity index is 502. The van der Waals surface area contributed by atoms with Crippen LogP contribution in [0.15, 0.2) is 30.3 Å². The van der Waals surface area contributed by atoms with Gasteiger partial charge in [-0.05, 0) is 25.0 Å². The first-order chi connectivity index (χ1) is 9.00. The molecule has 106 valence electrons. The lowest BCUT2D eigenvalue weighted by Gasteiger charge is -2.27. The van der Waals surface area contributed by atoms with Crippen molar-refractivity contribution < 1.29 is 8.42 Å². The summed E-state index contributed by atoms with van der Waals surface area (Å²) in [5.74, 6) is 0. The highest BCUT2D eigenvalue weighted by molar-refractivity contribution is 7.87. The minimum Gasteiger partial charge on any atom is -0.367 e. The van der Waals surface area contributed by atoms with Gasteiger partial charge in [-0.1, -0.05) is 18.2 Å². The Labute approximate surface area is 115 Å². The number of rotatable bonds is 5. The van der Waals surface area contributed by atoms with Gasteiger partial charge in [-0.2, -0.15) is 12.7 Å². The van der Waals surface area contributed by atoms with Gasteiger partial charge >= 0.3 is 0 Å². The molecule has 1 N–H and O–H groups in total. The molecule has 0 saturated carbocycles. The fraction of sp³-hybridized carbons (Fsp3) is 0.538. The average Bonchev–Trinajstić information content (AvgIpc) is 2.85. The van der Waals surface area contributed by atoms with Crippen LogP contribution >= 0.6 is 0 Å². The second kappa shape index (κ2) is 5.90. The molecule has 0 aliphatic carbocycles. The summed E-state index contributed by atoms with van der Waals surface area (Å²) in [4.78, 5) is 2.28. The zero-order chi connectivity index (χ0) is 13.9. The van der Waals surface area contributed by atoms with Crippen LogP contribution in [-0.2, 0) is 10.2 Å². The van der Waals surface area contributed by atoms with E-state index >= 15 is 0 Å². The van der Waals surface area contributed by atoms with Crippen molar-refractivity contribution in [2.45, 2.75) is 18.9 Å². The van der Waals surface area contributed by atoms with Gasteiger partial charge in [0.15, 0.2) is 0 Å². The van der Waals surface area contributed by atoms with E-state index in [2.05, 4.69) is 21.8 Å². The van der Waals surface area contributed by atoms with Gasteiger partial charge in [0.2, 0.25) is 0 Å². The number of nitrogens with one attached hydrogen (secondary N) is 1. The van der Waals surface area contributed by atoms with Gasteiger partial charge in [0.05, 0.1) is 0 Å². The van der Waals surface area contributed by atoms with E-state index in [1.54, 1.807) is 0 Å². The highest BCUT2D eigenvalue weighted by atomic mass is 32.2. The Morgan fingerprint density at radius 2 is 2.00 bits per heavy atom. The van der Waals surface area contributed by atoms with Gasteiger partial charge in [-0.15, -0.1) is 0 Å².